The topological polar surface area (TPSA) is 54.5 Å². The van der Waals surface area contributed by atoms with E-state index in [1.165, 1.54) is 0 Å². The van der Waals surface area contributed by atoms with Crippen LogP contribution in [0, 0.1) is 0 Å². The molecule has 0 aliphatic rings. The summed E-state index contributed by atoms with van der Waals surface area (Å²) in [5.74, 6) is 1.48. The van der Waals surface area contributed by atoms with Crippen molar-refractivity contribution < 1.29 is 9.53 Å². The van der Waals surface area contributed by atoms with E-state index in [-0.39, 0.29) is 5.91 Å². The van der Waals surface area contributed by atoms with Crippen molar-refractivity contribution in [3.8, 4) is 5.75 Å². The number of methoxy groups -OCH3 is 1. The van der Waals surface area contributed by atoms with Gasteiger partial charge in [-0.15, -0.1) is 0 Å². The summed E-state index contributed by atoms with van der Waals surface area (Å²) in [6.45, 7) is 3.36. The Morgan fingerprint density at radius 3 is 2.57 bits per heavy atom. The summed E-state index contributed by atoms with van der Waals surface area (Å²) in [7, 11) is 1.65. The molecular formula is C23H25N3O2. The van der Waals surface area contributed by atoms with Crippen LogP contribution < -0.4 is 15.0 Å². The maximum absolute atomic E-state index is 12.6. The molecule has 144 valence electrons. The second-order valence-corrected chi connectivity index (χ2v) is 6.30. The van der Waals surface area contributed by atoms with Gasteiger partial charge in [0, 0.05) is 30.5 Å². The number of benzene rings is 2. The Balaban J connectivity index is 1.67. The van der Waals surface area contributed by atoms with E-state index in [1.807, 2.05) is 60.7 Å². The van der Waals surface area contributed by atoms with Crippen molar-refractivity contribution in [2.24, 2.45) is 0 Å². The Labute approximate surface area is 166 Å². The minimum absolute atomic E-state index is 0.109. The smallest absolute Gasteiger partial charge is 0.251 e. The molecule has 0 aliphatic heterocycles. The number of nitrogens with one attached hydrogen (secondary N) is 1. The highest BCUT2D eigenvalue weighted by Crippen LogP contribution is 2.23. The first-order valence-corrected chi connectivity index (χ1v) is 9.41. The van der Waals surface area contributed by atoms with E-state index in [1.54, 1.807) is 19.4 Å². The number of anilines is 2. The molecule has 3 rings (SSSR count). The third-order valence-electron chi connectivity index (χ3n) is 4.54. The monoisotopic (exact) mass is 375 g/mol. The second-order valence-electron chi connectivity index (χ2n) is 6.30. The predicted octanol–water partition coefficient (Wildman–Crippen LogP) is 4.22. The van der Waals surface area contributed by atoms with Gasteiger partial charge in [0.1, 0.15) is 11.6 Å². The summed E-state index contributed by atoms with van der Waals surface area (Å²) >= 11 is 0. The summed E-state index contributed by atoms with van der Waals surface area (Å²) in [5.41, 5.74) is 2.72. The fraction of sp³-hybridized carbons (Fsp3) is 0.217. The molecular weight excluding hydrogens is 350 g/mol. The van der Waals surface area contributed by atoms with Crippen molar-refractivity contribution in [1.29, 1.82) is 0 Å². The molecule has 0 aliphatic carbocycles. The van der Waals surface area contributed by atoms with Gasteiger partial charge in [0.2, 0.25) is 0 Å². The van der Waals surface area contributed by atoms with Crippen LogP contribution in [-0.2, 0) is 6.42 Å². The van der Waals surface area contributed by atoms with Gasteiger partial charge in [-0.1, -0.05) is 36.4 Å². The molecule has 0 bridgehead atoms. The Hall–Kier alpha value is -3.34. The Morgan fingerprint density at radius 1 is 1.07 bits per heavy atom. The van der Waals surface area contributed by atoms with Crippen LogP contribution in [0.15, 0.2) is 72.9 Å². The van der Waals surface area contributed by atoms with Gasteiger partial charge in [0.15, 0.2) is 0 Å². The van der Waals surface area contributed by atoms with Crippen LogP contribution in [0.4, 0.5) is 11.5 Å². The molecule has 5 heteroatoms. The summed E-state index contributed by atoms with van der Waals surface area (Å²) in [6.07, 6.45) is 2.38. The van der Waals surface area contributed by atoms with E-state index in [2.05, 4.69) is 22.1 Å². The number of rotatable bonds is 8. The zero-order valence-corrected chi connectivity index (χ0v) is 16.3. The first-order chi connectivity index (χ1) is 13.7. The van der Waals surface area contributed by atoms with Crippen molar-refractivity contribution in [1.82, 2.24) is 10.3 Å². The minimum atomic E-state index is -0.109. The molecule has 0 unspecified atom stereocenters. The molecule has 0 saturated heterocycles. The van der Waals surface area contributed by atoms with Crippen LogP contribution in [0.5, 0.6) is 5.75 Å². The molecule has 1 N–H and O–H groups in total. The standard InChI is InChI=1S/C23H25N3O2/c1-3-26(20-10-5-4-6-11-20)22-17-19(14-15-24-22)23(27)25-16-13-18-9-7-8-12-21(18)28-2/h4-12,14-15,17H,3,13,16H2,1-2H3,(H,25,27). The summed E-state index contributed by atoms with van der Waals surface area (Å²) in [4.78, 5) is 19.1. The lowest BCUT2D eigenvalue weighted by Crippen LogP contribution is -2.26. The summed E-state index contributed by atoms with van der Waals surface area (Å²) < 4.78 is 5.36. The molecule has 2 aromatic carbocycles. The van der Waals surface area contributed by atoms with E-state index >= 15 is 0 Å². The van der Waals surface area contributed by atoms with Gasteiger partial charge < -0.3 is 15.0 Å². The van der Waals surface area contributed by atoms with Crippen LogP contribution in [0.3, 0.4) is 0 Å². The van der Waals surface area contributed by atoms with E-state index < -0.39 is 0 Å². The molecule has 0 saturated carbocycles. The second kappa shape index (κ2) is 9.55. The van der Waals surface area contributed by atoms with E-state index in [0.29, 0.717) is 18.5 Å². The van der Waals surface area contributed by atoms with Crippen molar-refractivity contribution in [3.05, 3.63) is 84.1 Å². The number of hydrogen-bond donors (Lipinski definition) is 1. The maximum Gasteiger partial charge on any atom is 0.251 e. The molecule has 5 nitrogen and oxygen atoms in total. The number of amides is 1. The molecule has 0 fully saturated rings. The van der Waals surface area contributed by atoms with E-state index in [9.17, 15) is 4.79 Å². The van der Waals surface area contributed by atoms with Gasteiger partial charge in [0.25, 0.3) is 5.91 Å². The van der Waals surface area contributed by atoms with Gasteiger partial charge in [-0.3, -0.25) is 4.79 Å². The normalized spacial score (nSPS) is 10.4. The van der Waals surface area contributed by atoms with Crippen molar-refractivity contribution in [3.63, 3.8) is 0 Å². The number of pyridine rings is 1. The Morgan fingerprint density at radius 2 is 1.82 bits per heavy atom. The Kier molecular flexibility index (Phi) is 6.63. The quantitative estimate of drug-likeness (QED) is 0.640. The van der Waals surface area contributed by atoms with Gasteiger partial charge in [0.05, 0.1) is 7.11 Å². The molecule has 0 radical (unpaired) electrons. The predicted molar refractivity (Wildman–Crippen MR) is 112 cm³/mol. The third kappa shape index (κ3) is 4.68. The minimum Gasteiger partial charge on any atom is -0.496 e. The average molecular weight is 375 g/mol. The molecule has 0 spiro atoms. The maximum atomic E-state index is 12.6. The third-order valence-corrected chi connectivity index (χ3v) is 4.54. The zero-order valence-electron chi connectivity index (χ0n) is 16.3. The van der Waals surface area contributed by atoms with Crippen molar-refractivity contribution >= 4 is 17.4 Å². The lowest BCUT2D eigenvalue weighted by molar-refractivity contribution is 0.0954. The largest absolute Gasteiger partial charge is 0.496 e. The molecule has 0 atom stereocenters. The number of hydrogen-bond acceptors (Lipinski definition) is 4. The van der Waals surface area contributed by atoms with Crippen LogP contribution in [0.1, 0.15) is 22.8 Å². The van der Waals surface area contributed by atoms with Gasteiger partial charge >= 0.3 is 0 Å². The highest BCUT2D eigenvalue weighted by molar-refractivity contribution is 5.95. The lowest BCUT2D eigenvalue weighted by atomic mass is 10.1. The fourth-order valence-corrected chi connectivity index (χ4v) is 3.11. The Bertz CT molecular complexity index is 912. The number of para-hydroxylation sites is 2. The number of carbonyl (C=O) groups excluding carboxylic acids is 1. The van der Waals surface area contributed by atoms with Crippen LogP contribution >= 0.6 is 0 Å². The SMILES string of the molecule is CCN(c1ccccc1)c1cc(C(=O)NCCc2ccccc2OC)ccn1. The molecule has 1 amide bonds. The first kappa shape index (κ1) is 19.4. The first-order valence-electron chi connectivity index (χ1n) is 9.41. The number of aromatic nitrogens is 1. The van der Waals surface area contributed by atoms with E-state index in [4.69, 9.17) is 4.74 Å². The number of ether oxygens (including phenoxy) is 1. The average Bonchev–Trinajstić information content (AvgIpc) is 2.75. The fourth-order valence-electron chi connectivity index (χ4n) is 3.11. The van der Waals surface area contributed by atoms with Crippen molar-refractivity contribution in [2.45, 2.75) is 13.3 Å². The highest BCUT2D eigenvalue weighted by Gasteiger charge is 2.12. The van der Waals surface area contributed by atoms with Gasteiger partial charge in [-0.05, 0) is 49.2 Å². The summed E-state index contributed by atoms with van der Waals surface area (Å²) in [6, 6.07) is 21.4. The van der Waals surface area contributed by atoms with Crippen LogP contribution in [0.2, 0.25) is 0 Å². The molecule has 28 heavy (non-hydrogen) atoms. The van der Waals surface area contributed by atoms with Gasteiger partial charge in [-0.25, -0.2) is 4.98 Å². The summed E-state index contributed by atoms with van der Waals surface area (Å²) in [5, 5.41) is 2.98. The molecule has 1 aromatic heterocycles. The van der Waals surface area contributed by atoms with Crippen molar-refractivity contribution in [2.75, 3.05) is 25.1 Å². The zero-order chi connectivity index (χ0) is 19.8. The molecule has 3 aromatic rings. The van der Waals surface area contributed by atoms with Crippen LogP contribution in [0.25, 0.3) is 0 Å². The van der Waals surface area contributed by atoms with Gasteiger partial charge in [-0.2, -0.15) is 0 Å². The lowest BCUT2D eigenvalue weighted by Gasteiger charge is -2.22. The number of carbonyl (C=O) groups is 1. The molecule has 1 heterocycles. The highest BCUT2D eigenvalue weighted by atomic mass is 16.5. The number of nitrogens with zero attached hydrogens (tertiary/aromatic N) is 2. The van der Waals surface area contributed by atoms with E-state index in [0.717, 1.165) is 29.4 Å². The van der Waals surface area contributed by atoms with Crippen LogP contribution in [-0.4, -0.2) is 31.1 Å².